The van der Waals surface area contributed by atoms with Crippen molar-refractivity contribution in [3.8, 4) is 5.75 Å². The van der Waals surface area contributed by atoms with Crippen LogP contribution in [-0.2, 0) is 0 Å². The highest BCUT2D eigenvalue weighted by Gasteiger charge is 2.80. The van der Waals surface area contributed by atoms with Crippen molar-refractivity contribution in [1.29, 1.82) is 0 Å². The van der Waals surface area contributed by atoms with E-state index in [-0.39, 0.29) is 11.9 Å². The van der Waals surface area contributed by atoms with Gasteiger partial charge in [0, 0.05) is 54.8 Å². The van der Waals surface area contributed by atoms with Crippen molar-refractivity contribution >= 4 is 5.91 Å². The van der Waals surface area contributed by atoms with E-state index in [4.69, 9.17) is 0 Å². The lowest BCUT2D eigenvalue weighted by molar-refractivity contribution is -0.235. The lowest BCUT2D eigenvalue weighted by atomic mass is 9.56. The van der Waals surface area contributed by atoms with Crippen LogP contribution >= 0.6 is 0 Å². The fraction of sp³-hybridized carbons (Fsp3) is 0.531. The Hall–Kier alpha value is -2.67. The van der Waals surface area contributed by atoms with Crippen LogP contribution in [0.4, 0.5) is 0 Å². The first-order valence-electron chi connectivity index (χ1n) is 14.7. The van der Waals surface area contributed by atoms with Crippen LogP contribution in [0.25, 0.3) is 0 Å². The van der Waals surface area contributed by atoms with Crippen molar-refractivity contribution in [3.63, 3.8) is 0 Å². The van der Waals surface area contributed by atoms with Gasteiger partial charge in [0.05, 0.1) is 6.04 Å². The van der Waals surface area contributed by atoms with Gasteiger partial charge >= 0.3 is 0 Å². The third-order valence-corrected chi connectivity index (χ3v) is 10.4. The van der Waals surface area contributed by atoms with Gasteiger partial charge in [-0.05, 0) is 73.9 Å². The molecule has 200 valence electrons. The highest BCUT2D eigenvalue weighted by molar-refractivity contribution is 5.93. The molecule has 38 heavy (non-hydrogen) atoms. The minimum atomic E-state index is -0.0238. The number of nitrogens with one attached hydrogen (secondary N) is 1. The lowest BCUT2D eigenvalue weighted by Gasteiger charge is -2.72. The zero-order valence-corrected chi connectivity index (χ0v) is 22.3. The predicted molar refractivity (Wildman–Crippen MR) is 149 cm³/mol. The van der Waals surface area contributed by atoms with Gasteiger partial charge < -0.3 is 5.11 Å². The Morgan fingerprint density at radius 2 is 1.61 bits per heavy atom. The van der Waals surface area contributed by atoms with E-state index in [1.165, 1.54) is 44.1 Å². The van der Waals surface area contributed by atoms with Crippen molar-refractivity contribution < 1.29 is 9.90 Å². The number of phenolic OH excluding ortho intramolecular Hbond substituents is 1. The SMILES string of the molecule is C=CCN1C2CCC3N(C(c4ccc(C(=O)NN5CCCCCC5)cc4)c4cccc(O)c4)C4CCC1C234. The molecule has 0 radical (unpaired) electrons. The van der Waals surface area contributed by atoms with Crippen molar-refractivity contribution in [2.45, 2.75) is 81.6 Å². The van der Waals surface area contributed by atoms with Gasteiger partial charge in [-0.1, -0.05) is 43.2 Å². The Morgan fingerprint density at radius 1 is 0.947 bits per heavy atom. The number of carbonyl (C=O) groups excluding carboxylic acids is 1. The Kier molecular flexibility index (Phi) is 6.10. The van der Waals surface area contributed by atoms with Crippen molar-refractivity contribution in [2.24, 2.45) is 5.41 Å². The van der Waals surface area contributed by atoms with E-state index in [1.54, 1.807) is 6.07 Å². The molecule has 6 heteroatoms. The molecule has 2 N–H and O–H groups in total. The topological polar surface area (TPSA) is 59.0 Å². The van der Waals surface area contributed by atoms with Gasteiger partial charge in [0.15, 0.2) is 0 Å². The summed E-state index contributed by atoms with van der Waals surface area (Å²) in [6, 6.07) is 18.6. The van der Waals surface area contributed by atoms with Gasteiger partial charge in [-0.3, -0.25) is 20.0 Å². The Balaban J connectivity index is 1.16. The Labute approximate surface area is 226 Å². The Morgan fingerprint density at radius 3 is 2.24 bits per heavy atom. The smallest absolute Gasteiger partial charge is 0.265 e. The van der Waals surface area contributed by atoms with E-state index in [0.29, 0.717) is 40.9 Å². The highest BCUT2D eigenvalue weighted by Crippen LogP contribution is 2.72. The monoisotopic (exact) mass is 512 g/mol. The molecule has 1 spiro atoms. The number of rotatable bonds is 7. The number of carbonyl (C=O) groups is 1. The minimum Gasteiger partial charge on any atom is -0.508 e. The normalized spacial score (nSPS) is 33.4. The number of phenols is 1. The first-order valence-corrected chi connectivity index (χ1v) is 14.7. The second kappa shape index (κ2) is 9.51. The molecule has 2 aromatic rings. The summed E-state index contributed by atoms with van der Waals surface area (Å²) >= 11 is 0. The molecule has 2 aromatic carbocycles. The van der Waals surface area contributed by atoms with Crippen LogP contribution in [0.5, 0.6) is 5.75 Å². The number of nitrogens with zero attached hydrogens (tertiary/aromatic N) is 3. The van der Waals surface area contributed by atoms with Crippen LogP contribution in [-0.4, -0.2) is 69.6 Å². The molecule has 0 bridgehead atoms. The third kappa shape index (κ3) is 3.53. The van der Waals surface area contributed by atoms with Crippen LogP contribution < -0.4 is 5.43 Å². The summed E-state index contributed by atoms with van der Waals surface area (Å²) in [6.45, 7) is 6.88. The summed E-state index contributed by atoms with van der Waals surface area (Å²) in [6.07, 6.45) is 11.8. The second-order valence-electron chi connectivity index (χ2n) is 12.1. The molecule has 5 atom stereocenters. The number of hydrazine groups is 1. The number of likely N-dealkylation sites (tertiary alicyclic amines) is 2. The maximum Gasteiger partial charge on any atom is 0.265 e. The molecule has 5 aliphatic rings. The van der Waals surface area contributed by atoms with Crippen LogP contribution in [0.15, 0.2) is 61.2 Å². The number of amides is 1. The first-order chi connectivity index (χ1) is 18.6. The molecule has 3 heterocycles. The number of benzene rings is 2. The summed E-state index contributed by atoms with van der Waals surface area (Å²) in [5, 5.41) is 12.5. The maximum absolute atomic E-state index is 13.0. The molecular formula is C32H40N4O2. The van der Waals surface area contributed by atoms with E-state index in [2.05, 4.69) is 51.1 Å². The fourth-order valence-corrected chi connectivity index (χ4v) is 9.16. The molecule has 2 saturated carbocycles. The number of hydrogen-bond donors (Lipinski definition) is 2. The standard InChI is InChI=1S/C32H40N4O2/c1-2-18-35-26-14-16-28-32(26)27(35)15-17-29(32)36(28)30(24-8-7-9-25(37)21-24)22-10-12-23(13-11-22)31(38)33-34-19-5-3-4-6-20-34/h2,7-13,21,26-30,37H,1,3-6,14-20H2,(H,33,38). The highest BCUT2D eigenvalue weighted by atomic mass is 16.3. The van der Waals surface area contributed by atoms with Crippen LogP contribution in [0.3, 0.4) is 0 Å². The molecule has 5 fully saturated rings. The maximum atomic E-state index is 13.0. The molecule has 6 nitrogen and oxygen atoms in total. The number of aromatic hydroxyl groups is 1. The van der Waals surface area contributed by atoms with E-state index < -0.39 is 0 Å². The summed E-state index contributed by atoms with van der Waals surface area (Å²) in [4.78, 5) is 18.5. The van der Waals surface area contributed by atoms with Gasteiger partial charge in [-0.15, -0.1) is 6.58 Å². The fourth-order valence-electron chi connectivity index (χ4n) is 9.16. The van der Waals surface area contributed by atoms with Crippen LogP contribution in [0.1, 0.15) is 78.9 Å². The average Bonchev–Trinajstić information content (AvgIpc) is 3.20. The van der Waals surface area contributed by atoms with Gasteiger partial charge in [-0.25, -0.2) is 5.01 Å². The van der Waals surface area contributed by atoms with E-state index in [9.17, 15) is 9.90 Å². The second-order valence-corrected chi connectivity index (χ2v) is 12.1. The lowest BCUT2D eigenvalue weighted by Crippen LogP contribution is -2.83. The quantitative estimate of drug-likeness (QED) is 0.519. The van der Waals surface area contributed by atoms with E-state index in [0.717, 1.165) is 38.0 Å². The van der Waals surface area contributed by atoms with Gasteiger partial charge in [0.2, 0.25) is 0 Å². The molecule has 0 aromatic heterocycles. The average molecular weight is 513 g/mol. The summed E-state index contributed by atoms with van der Waals surface area (Å²) in [5.74, 6) is 0.287. The molecule has 7 rings (SSSR count). The van der Waals surface area contributed by atoms with Gasteiger partial charge in [0.1, 0.15) is 5.75 Å². The summed E-state index contributed by atoms with van der Waals surface area (Å²) in [5.41, 5.74) is 6.60. The molecule has 2 aliphatic carbocycles. The summed E-state index contributed by atoms with van der Waals surface area (Å²) in [7, 11) is 0. The van der Waals surface area contributed by atoms with Crippen molar-refractivity contribution in [3.05, 3.63) is 77.9 Å². The zero-order chi connectivity index (χ0) is 25.9. The zero-order valence-electron chi connectivity index (χ0n) is 22.3. The first kappa shape index (κ1) is 24.4. The predicted octanol–water partition coefficient (Wildman–Crippen LogP) is 4.87. The van der Waals surface area contributed by atoms with Crippen molar-refractivity contribution in [2.75, 3.05) is 19.6 Å². The van der Waals surface area contributed by atoms with Crippen molar-refractivity contribution in [1.82, 2.24) is 20.2 Å². The molecule has 3 aliphatic heterocycles. The van der Waals surface area contributed by atoms with Gasteiger partial charge in [-0.2, -0.15) is 0 Å². The Bertz CT molecular complexity index is 1180. The largest absolute Gasteiger partial charge is 0.508 e. The molecular weight excluding hydrogens is 472 g/mol. The third-order valence-electron chi connectivity index (χ3n) is 10.4. The minimum absolute atomic E-state index is 0.0238. The summed E-state index contributed by atoms with van der Waals surface area (Å²) < 4.78 is 0. The number of hydrogen-bond acceptors (Lipinski definition) is 5. The molecule has 5 unspecified atom stereocenters. The van der Waals surface area contributed by atoms with E-state index >= 15 is 0 Å². The van der Waals surface area contributed by atoms with Gasteiger partial charge in [0.25, 0.3) is 5.91 Å². The van der Waals surface area contributed by atoms with Crippen LogP contribution in [0, 0.1) is 5.41 Å². The van der Waals surface area contributed by atoms with Crippen LogP contribution in [0.2, 0.25) is 0 Å². The van der Waals surface area contributed by atoms with E-state index in [1.807, 2.05) is 24.3 Å². The molecule has 1 amide bonds. The molecule has 3 saturated heterocycles.